The lowest BCUT2D eigenvalue weighted by Gasteiger charge is -2.30. The van der Waals surface area contributed by atoms with Gasteiger partial charge < -0.3 is 5.32 Å². The SMILES string of the molecule is CCC(c1cccs1)N1CCCNC(C)C1. The zero-order chi connectivity index (χ0) is 11.4. The first-order valence-electron chi connectivity index (χ1n) is 6.32. The maximum Gasteiger partial charge on any atom is 0.0439 e. The molecule has 1 fully saturated rings. The molecule has 1 aromatic rings. The third-order valence-electron chi connectivity index (χ3n) is 3.32. The summed E-state index contributed by atoms with van der Waals surface area (Å²) >= 11 is 1.90. The van der Waals surface area contributed by atoms with Gasteiger partial charge in [-0.2, -0.15) is 0 Å². The molecule has 0 aliphatic carbocycles. The van der Waals surface area contributed by atoms with Crippen LogP contribution in [0.15, 0.2) is 17.5 Å². The van der Waals surface area contributed by atoms with Crippen molar-refractivity contribution in [3.8, 4) is 0 Å². The van der Waals surface area contributed by atoms with Crippen LogP contribution in [0.1, 0.15) is 37.6 Å². The van der Waals surface area contributed by atoms with Gasteiger partial charge in [0.05, 0.1) is 0 Å². The van der Waals surface area contributed by atoms with Gasteiger partial charge in [0.25, 0.3) is 0 Å². The second-order valence-electron chi connectivity index (χ2n) is 4.64. The smallest absolute Gasteiger partial charge is 0.0439 e. The molecule has 0 aromatic carbocycles. The molecule has 1 aromatic heterocycles. The van der Waals surface area contributed by atoms with E-state index in [4.69, 9.17) is 0 Å². The first-order valence-corrected chi connectivity index (χ1v) is 7.20. The van der Waals surface area contributed by atoms with Crippen LogP contribution < -0.4 is 5.32 Å². The summed E-state index contributed by atoms with van der Waals surface area (Å²) in [7, 11) is 0. The van der Waals surface area contributed by atoms with Gasteiger partial charge in [-0.25, -0.2) is 0 Å². The van der Waals surface area contributed by atoms with E-state index in [1.807, 2.05) is 11.3 Å². The van der Waals surface area contributed by atoms with Crippen molar-refractivity contribution in [1.29, 1.82) is 0 Å². The molecule has 2 atom stereocenters. The van der Waals surface area contributed by atoms with E-state index in [0.717, 1.165) is 0 Å². The van der Waals surface area contributed by atoms with Crippen LogP contribution in [0, 0.1) is 0 Å². The van der Waals surface area contributed by atoms with Gasteiger partial charge in [-0.05, 0) is 37.8 Å². The quantitative estimate of drug-likeness (QED) is 0.871. The van der Waals surface area contributed by atoms with Gasteiger partial charge in [-0.1, -0.05) is 13.0 Å². The summed E-state index contributed by atoms with van der Waals surface area (Å²) < 4.78 is 0. The topological polar surface area (TPSA) is 15.3 Å². The fraction of sp³-hybridized carbons (Fsp3) is 0.692. The Balaban J connectivity index is 2.07. The fourth-order valence-electron chi connectivity index (χ4n) is 2.54. The maximum absolute atomic E-state index is 3.56. The minimum Gasteiger partial charge on any atom is -0.313 e. The average Bonchev–Trinajstić information content (AvgIpc) is 2.70. The first-order chi connectivity index (χ1) is 7.81. The van der Waals surface area contributed by atoms with Crippen molar-refractivity contribution in [3.05, 3.63) is 22.4 Å². The minimum atomic E-state index is 0.622. The summed E-state index contributed by atoms with van der Waals surface area (Å²) in [6, 6.07) is 5.70. The van der Waals surface area contributed by atoms with E-state index >= 15 is 0 Å². The standard InChI is InChI=1S/C13H22N2S/c1-3-12(13-6-4-9-16-13)15-8-5-7-14-11(2)10-15/h4,6,9,11-12,14H,3,5,7-8,10H2,1-2H3. The molecule has 1 aliphatic rings. The molecule has 0 saturated carbocycles. The van der Waals surface area contributed by atoms with Crippen LogP contribution in [-0.4, -0.2) is 30.6 Å². The molecule has 3 heteroatoms. The largest absolute Gasteiger partial charge is 0.313 e. The van der Waals surface area contributed by atoms with Crippen LogP contribution in [0.25, 0.3) is 0 Å². The van der Waals surface area contributed by atoms with Crippen LogP contribution in [0.3, 0.4) is 0 Å². The van der Waals surface area contributed by atoms with Crippen LogP contribution in [0.4, 0.5) is 0 Å². The first kappa shape index (κ1) is 12.1. The summed E-state index contributed by atoms with van der Waals surface area (Å²) in [5.74, 6) is 0. The summed E-state index contributed by atoms with van der Waals surface area (Å²) in [6.45, 7) is 8.16. The van der Waals surface area contributed by atoms with Crippen molar-refractivity contribution in [2.75, 3.05) is 19.6 Å². The number of nitrogens with one attached hydrogen (secondary N) is 1. The predicted octanol–water partition coefficient (Wildman–Crippen LogP) is 2.88. The molecule has 2 heterocycles. The molecule has 0 amide bonds. The number of rotatable bonds is 3. The summed E-state index contributed by atoms with van der Waals surface area (Å²) in [6.07, 6.45) is 2.49. The average molecular weight is 238 g/mol. The molecule has 1 aliphatic heterocycles. The van der Waals surface area contributed by atoms with Crippen molar-refractivity contribution in [1.82, 2.24) is 10.2 Å². The Hall–Kier alpha value is -0.380. The van der Waals surface area contributed by atoms with Gasteiger partial charge in [-0.3, -0.25) is 4.90 Å². The lowest BCUT2D eigenvalue weighted by atomic mass is 10.1. The Labute approximate surface area is 103 Å². The minimum absolute atomic E-state index is 0.622. The third kappa shape index (κ3) is 2.84. The van der Waals surface area contributed by atoms with Crippen molar-refractivity contribution >= 4 is 11.3 Å². The van der Waals surface area contributed by atoms with E-state index in [2.05, 4.69) is 41.6 Å². The molecule has 1 saturated heterocycles. The Morgan fingerprint density at radius 1 is 1.62 bits per heavy atom. The van der Waals surface area contributed by atoms with Crippen molar-refractivity contribution < 1.29 is 0 Å². The van der Waals surface area contributed by atoms with Crippen LogP contribution in [0.5, 0.6) is 0 Å². The number of hydrogen-bond acceptors (Lipinski definition) is 3. The molecule has 0 radical (unpaired) electrons. The van der Waals surface area contributed by atoms with Crippen molar-refractivity contribution in [2.24, 2.45) is 0 Å². The molecule has 0 bridgehead atoms. The Morgan fingerprint density at radius 2 is 2.50 bits per heavy atom. The zero-order valence-corrected chi connectivity index (χ0v) is 11.1. The summed E-state index contributed by atoms with van der Waals surface area (Å²) in [5.41, 5.74) is 0. The van der Waals surface area contributed by atoms with E-state index < -0.39 is 0 Å². The highest BCUT2D eigenvalue weighted by molar-refractivity contribution is 7.10. The Bertz CT molecular complexity index is 297. The van der Waals surface area contributed by atoms with Crippen LogP contribution >= 0.6 is 11.3 Å². The van der Waals surface area contributed by atoms with Gasteiger partial charge in [0, 0.05) is 30.1 Å². The Morgan fingerprint density at radius 3 is 3.19 bits per heavy atom. The lowest BCUT2D eigenvalue weighted by molar-refractivity contribution is 0.194. The van der Waals surface area contributed by atoms with Gasteiger partial charge in [0.1, 0.15) is 0 Å². The second kappa shape index (κ2) is 5.80. The Kier molecular flexibility index (Phi) is 4.38. The third-order valence-corrected chi connectivity index (χ3v) is 4.30. The summed E-state index contributed by atoms with van der Waals surface area (Å²) in [4.78, 5) is 4.17. The van der Waals surface area contributed by atoms with E-state index in [-0.39, 0.29) is 0 Å². The highest BCUT2D eigenvalue weighted by Crippen LogP contribution is 2.28. The monoisotopic (exact) mass is 238 g/mol. The van der Waals surface area contributed by atoms with Crippen molar-refractivity contribution in [2.45, 2.75) is 38.8 Å². The van der Waals surface area contributed by atoms with Crippen molar-refractivity contribution in [3.63, 3.8) is 0 Å². The molecule has 2 nitrogen and oxygen atoms in total. The van der Waals surface area contributed by atoms with Gasteiger partial charge in [-0.15, -0.1) is 11.3 Å². The summed E-state index contributed by atoms with van der Waals surface area (Å²) in [5, 5.41) is 5.75. The predicted molar refractivity (Wildman–Crippen MR) is 71.0 cm³/mol. The van der Waals surface area contributed by atoms with E-state index in [0.29, 0.717) is 12.1 Å². The molecule has 90 valence electrons. The van der Waals surface area contributed by atoms with E-state index in [1.54, 1.807) is 0 Å². The zero-order valence-electron chi connectivity index (χ0n) is 10.3. The van der Waals surface area contributed by atoms with Crippen LogP contribution in [-0.2, 0) is 0 Å². The maximum atomic E-state index is 3.56. The molecule has 0 spiro atoms. The second-order valence-corrected chi connectivity index (χ2v) is 5.62. The van der Waals surface area contributed by atoms with Crippen LogP contribution in [0.2, 0.25) is 0 Å². The number of nitrogens with zero attached hydrogens (tertiary/aromatic N) is 1. The normalized spacial score (nSPS) is 25.2. The molecular formula is C13H22N2S. The molecule has 16 heavy (non-hydrogen) atoms. The van der Waals surface area contributed by atoms with Gasteiger partial charge in [0.15, 0.2) is 0 Å². The number of thiophene rings is 1. The van der Waals surface area contributed by atoms with Gasteiger partial charge in [0.2, 0.25) is 0 Å². The van der Waals surface area contributed by atoms with Gasteiger partial charge >= 0.3 is 0 Å². The highest BCUT2D eigenvalue weighted by Gasteiger charge is 2.22. The molecule has 2 unspecified atom stereocenters. The fourth-order valence-corrected chi connectivity index (χ4v) is 3.49. The van der Waals surface area contributed by atoms with E-state index in [1.165, 1.54) is 37.4 Å². The molecular weight excluding hydrogens is 216 g/mol. The highest BCUT2D eigenvalue weighted by atomic mass is 32.1. The number of hydrogen-bond donors (Lipinski definition) is 1. The molecule has 2 rings (SSSR count). The lowest BCUT2D eigenvalue weighted by Crippen LogP contribution is -2.37. The van der Waals surface area contributed by atoms with E-state index in [9.17, 15) is 0 Å². The molecule has 1 N–H and O–H groups in total.